The molecule has 1 heterocycles. The van der Waals surface area contributed by atoms with E-state index in [9.17, 15) is 23.1 Å². The SMILES string of the molecule is CCCN1C(=O)CN(S(C)(=O)=O)[C@H](C(=O)O)[C@H]1c1ccc(OC)cc1. The molecule has 1 saturated heterocycles. The Balaban J connectivity index is 2.58. The number of amides is 1. The van der Waals surface area contributed by atoms with Crippen molar-refractivity contribution in [2.45, 2.75) is 25.4 Å². The molecule has 1 fully saturated rings. The molecule has 138 valence electrons. The van der Waals surface area contributed by atoms with Crippen molar-refractivity contribution < 1.29 is 27.9 Å². The smallest absolute Gasteiger partial charge is 0.324 e. The molecule has 8 nitrogen and oxygen atoms in total. The molecule has 9 heteroatoms. The topological polar surface area (TPSA) is 104 Å². The van der Waals surface area contributed by atoms with Gasteiger partial charge in [-0.15, -0.1) is 0 Å². The predicted molar refractivity (Wildman–Crippen MR) is 90.7 cm³/mol. The van der Waals surface area contributed by atoms with Crippen molar-refractivity contribution in [2.24, 2.45) is 0 Å². The number of carbonyl (C=O) groups is 2. The van der Waals surface area contributed by atoms with Gasteiger partial charge in [0.1, 0.15) is 11.8 Å². The van der Waals surface area contributed by atoms with E-state index >= 15 is 0 Å². The minimum atomic E-state index is -3.86. The Morgan fingerprint density at radius 2 is 1.92 bits per heavy atom. The van der Waals surface area contributed by atoms with Gasteiger partial charge in [-0.3, -0.25) is 9.59 Å². The average molecular weight is 370 g/mol. The number of aliphatic carboxylic acids is 1. The summed E-state index contributed by atoms with van der Waals surface area (Å²) in [6.45, 7) is 1.75. The monoisotopic (exact) mass is 370 g/mol. The fourth-order valence-electron chi connectivity index (χ4n) is 3.06. The number of sulfonamides is 1. The minimum Gasteiger partial charge on any atom is -0.497 e. The highest BCUT2D eigenvalue weighted by Crippen LogP contribution is 2.34. The van der Waals surface area contributed by atoms with Crippen LogP contribution in [-0.2, 0) is 19.6 Å². The molecule has 25 heavy (non-hydrogen) atoms. The van der Waals surface area contributed by atoms with Crippen molar-refractivity contribution >= 4 is 21.9 Å². The van der Waals surface area contributed by atoms with E-state index in [2.05, 4.69) is 0 Å². The summed E-state index contributed by atoms with van der Waals surface area (Å²) in [5.41, 5.74) is 0.545. The van der Waals surface area contributed by atoms with E-state index in [0.717, 1.165) is 10.6 Å². The van der Waals surface area contributed by atoms with E-state index in [1.165, 1.54) is 12.0 Å². The van der Waals surface area contributed by atoms with E-state index in [1.807, 2.05) is 6.92 Å². The van der Waals surface area contributed by atoms with Gasteiger partial charge < -0.3 is 14.7 Å². The number of carboxylic acid groups (broad SMARTS) is 1. The lowest BCUT2D eigenvalue weighted by Gasteiger charge is -2.44. The highest BCUT2D eigenvalue weighted by molar-refractivity contribution is 7.88. The molecule has 1 aliphatic rings. The molecule has 0 saturated carbocycles. The largest absolute Gasteiger partial charge is 0.497 e. The Labute approximate surface area is 147 Å². The number of hydrogen-bond donors (Lipinski definition) is 1. The lowest BCUT2D eigenvalue weighted by molar-refractivity contribution is -0.153. The van der Waals surface area contributed by atoms with Crippen LogP contribution in [0.1, 0.15) is 24.9 Å². The van der Waals surface area contributed by atoms with E-state index < -0.39 is 40.5 Å². The Morgan fingerprint density at radius 3 is 2.36 bits per heavy atom. The zero-order chi connectivity index (χ0) is 18.8. The Hall–Kier alpha value is -2.13. The van der Waals surface area contributed by atoms with Gasteiger partial charge in [0, 0.05) is 6.54 Å². The fourth-order valence-corrected chi connectivity index (χ4v) is 4.02. The molecule has 1 amide bonds. The molecule has 1 N–H and O–H groups in total. The number of methoxy groups -OCH3 is 1. The Morgan fingerprint density at radius 1 is 1.32 bits per heavy atom. The lowest BCUT2D eigenvalue weighted by atomic mass is 9.94. The average Bonchev–Trinajstić information content (AvgIpc) is 2.55. The standard InChI is InChI=1S/C16H22N2O6S/c1-4-9-17-13(19)10-18(25(3,22)23)15(16(20)21)14(17)11-5-7-12(24-2)8-6-11/h5-8,14-15H,4,9-10H2,1-3H3,(H,20,21)/t14-,15+/m1/s1. The van der Waals surface area contributed by atoms with Crippen LogP contribution in [0, 0.1) is 0 Å². The number of hydrogen-bond acceptors (Lipinski definition) is 5. The van der Waals surface area contributed by atoms with Gasteiger partial charge in [0.25, 0.3) is 0 Å². The molecule has 0 aromatic heterocycles. The summed E-state index contributed by atoms with van der Waals surface area (Å²) in [4.78, 5) is 25.9. The first-order chi connectivity index (χ1) is 11.7. The number of ether oxygens (including phenoxy) is 1. The first-order valence-electron chi connectivity index (χ1n) is 7.83. The lowest BCUT2D eigenvalue weighted by Crippen LogP contribution is -2.61. The van der Waals surface area contributed by atoms with Crippen molar-refractivity contribution in [1.29, 1.82) is 0 Å². The molecule has 1 aromatic rings. The summed E-state index contributed by atoms with van der Waals surface area (Å²) in [6.07, 6.45) is 1.54. The second-order valence-corrected chi connectivity index (χ2v) is 7.83. The van der Waals surface area contributed by atoms with Crippen molar-refractivity contribution in [3.05, 3.63) is 29.8 Å². The van der Waals surface area contributed by atoms with Gasteiger partial charge in [-0.25, -0.2) is 8.42 Å². The van der Waals surface area contributed by atoms with Gasteiger partial charge in [0.2, 0.25) is 15.9 Å². The second kappa shape index (κ2) is 7.40. The molecule has 0 aliphatic carbocycles. The summed E-state index contributed by atoms with van der Waals surface area (Å²) in [7, 11) is -2.36. The minimum absolute atomic E-state index is 0.344. The number of carboxylic acids is 1. The van der Waals surface area contributed by atoms with Crippen LogP contribution in [0.4, 0.5) is 0 Å². The highest BCUT2D eigenvalue weighted by atomic mass is 32.2. The van der Waals surface area contributed by atoms with E-state index in [1.54, 1.807) is 24.3 Å². The van der Waals surface area contributed by atoms with Crippen molar-refractivity contribution in [1.82, 2.24) is 9.21 Å². The van der Waals surface area contributed by atoms with Gasteiger partial charge in [-0.1, -0.05) is 19.1 Å². The quantitative estimate of drug-likeness (QED) is 0.791. The summed E-state index contributed by atoms with van der Waals surface area (Å²) >= 11 is 0. The molecule has 2 rings (SSSR count). The molecule has 0 unspecified atom stereocenters. The van der Waals surface area contributed by atoms with Gasteiger partial charge in [-0.2, -0.15) is 4.31 Å². The predicted octanol–water partition coefficient (Wildman–Crippen LogP) is 0.703. The van der Waals surface area contributed by atoms with Gasteiger partial charge in [-0.05, 0) is 24.1 Å². The van der Waals surface area contributed by atoms with Crippen LogP contribution >= 0.6 is 0 Å². The summed E-state index contributed by atoms with van der Waals surface area (Å²) in [5, 5.41) is 9.71. The maximum absolute atomic E-state index is 12.5. The third-order valence-corrected chi connectivity index (χ3v) is 5.37. The second-order valence-electron chi connectivity index (χ2n) is 5.90. The number of carbonyl (C=O) groups excluding carboxylic acids is 1. The van der Waals surface area contributed by atoms with E-state index in [4.69, 9.17) is 4.74 Å². The zero-order valence-corrected chi connectivity index (χ0v) is 15.2. The summed E-state index contributed by atoms with van der Waals surface area (Å²) in [6, 6.07) is 4.33. The first-order valence-corrected chi connectivity index (χ1v) is 9.68. The molecular formula is C16H22N2O6S. The molecular weight excluding hydrogens is 348 g/mol. The van der Waals surface area contributed by atoms with Crippen LogP contribution in [0.2, 0.25) is 0 Å². The van der Waals surface area contributed by atoms with E-state index in [0.29, 0.717) is 24.3 Å². The summed E-state index contributed by atoms with van der Waals surface area (Å²) in [5.74, 6) is -1.12. The van der Waals surface area contributed by atoms with Crippen LogP contribution in [0.25, 0.3) is 0 Å². The number of rotatable bonds is 6. The number of piperazine rings is 1. The highest BCUT2D eigenvalue weighted by Gasteiger charge is 2.48. The van der Waals surface area contributed by atoms with Crippen molar-refractivity contribution in [3.8, 4) is 5.75 Å². The first kappa shape index (κ1) is 19.2. The number of nitrogens with zero attached hydrogens (tertiary/aromatic N) is 2. The number of benzene rings is 1. The van der Waals surface area contributed by atoms with Gasteiger partial charge in [0.15, 0.2) is 0 Å². The van der Waals surface area contributed by atoms with Crippen LogP contribution in [0.15, 0.2) is 24.3 Å². The third-order valence-electron chi connectivity index (χ3n) is 4.16. The fraction of sp³-hybridized carbons (Fsp3) is 0.500. The molecule has 0 spiro atoms. The van der Waals surface area contributed by atoms with Crippen molar-refractivity contribution in [3.63, 3.8) is 0 Å². The normalized spacial score (nSPS) is 22.0. The molecule has 1 aromatic carbocycles. The van der Waals surface area contributed by atoms with Crippen LogP contribution in [0.5, 0.6) is 5.75 Å². The maximum Gasteiger partial charge on any atom is 0.324 e. The third kappa shape index (κ3) is 3.93. The van der Waals surface area contributed by atoms with Gasteiger partial charge in [0.05, 0.1) is 26.0 Å². The van der Waals surface area contributed by atoms with Crippen LogP contribution in [-0.4, -0.2) is 67.1 Å². The van der Waals surface area contributed by atoms with Gasteiger partial charge >= 0.3 is 5.97 Å². The molecule has 0 bridgehead atoms. The Kier molecular flexibility index (Phi) is 5.69. The summed E-state index contributed by atoms with van der Waals surface area (Å²) < 4.78 is 30.0. The molecule has 2 atom stereocenters. The van der Waals surface area contributed by atoms with E-state index in [-0.39, 0.29) is 0 Å². The van der Waals surface area contributed by atoms with Crippen LogP contribution in [0.3, 0.4) is 0 Å². The van der Waals surface area contributed by atoms with Crippen LogP contribution < -0.4 is 4.74 Å². The molecule has 0 radical (unpaired) electrons. The maximum atomic E-state index is 12.5. The molecule has 1 aliphatic heterocycles. The zero-order valence-electron chi connectivity index (χ0n) is 14.4. The van der Waals surface area contributed by atoms with Crippen molar-refractivity contribution in [2.75, 3.05) is 26.5 Å². The Bertz CT molecular complexity index is 746.